The lowest BCUT2D eigenvalue weighted by molar-refractivity contribution is 0.271. The van der Waals surface area contributed by atoms with Crippen LogP contribution in [0, 0.1) is 0 Å². The number of halogens is 1. The van der Waals surface area contributed by atoms with Crippen LogP contribution in [0.2, 0.25) is 5.15 Å². The van der Waals surface area contributed by atoms with E-state index in [4.69, 9.17) is 25.3 Å². The van der Waals surface area contributed by atoms with Crippen molar-refractivity contribution in [1.29, 1.82) is 0 Å². The van der Waals surface area contributed by atoms with Crippen LogP contribution in [0.25, 0.3) is 22.5 Å². The fourth-order valence-corrected chi connectivity index (χ4v) is 3.33. The number of hydrogen-bond acceptors (Lipinski definition) is 5. The third kappa shape index (κ3) is 4.13. The van der Waals surface area contributed by atoms with Crippen LogP contribution in [-0.4, -0.2) is 35.3 Å². The van der Waals surface area contributed by atoms with Gasteiger partial charge in [-0.05, 0) is 28.3 Å². The molecule has 0 bridgehead atoms. The fraction of sp³-hybridized carbons (Fsp3) is 0.273. The lowest BCUT2D eigenvalue weighted by Gasteiger charge is -2.12. The number of aliphatic hydroxyl groups is 1. The van der Waals surface area contributed by atoms with E-state index in [0.29, 0.717) is 17.0 Å². The highest BCUT2D eigenvalue weighted by Gasteiger charge is 2.16. The molecule has 0 saturated heterocycles. The molecule has 0 amide bonds. The summed E-state index contributed by atoms with van der Waals surface area (Å²) in [7, 11) is 0. The molecule has 4 aromatic rings. The summed E-state index contributed by atoms with van der Waals surface area (Å²) in [4.78, 5) is 3.87. The van der Waals surface area contributed by atoms with Crippen molar-refractivity contribution in [1.82, 2.24) is 30.2 Å². The zero-order valence-electron chi connectivity index (χ0n) is 25.5. The largest absolute Gasteiger partial charge is 0.390 e. The molecule has 4 rings (SSSR count). The topological polar surface area (TPSA) is 92.5 Å². The van der Waals surface area contributed by atoms with Gasteiger partial charge in [0.05, 0.1) is 15.0 Å². The number of nitrogens with zero attached hydrogens (tertiary/aromatic N) is 5. The Kier molecular flexibility index (Phi) is 3.49. The Balaban J connectivity index is 1.75. The highest BCUT2D eigenvalue weighted by molar-refractivity contribution is 6.30. The molecule has 30 heavy (non-hydrogen) atoms. The first kappa shape index (κ1) is 11.4. The molecular weight excluding hydrogens is 400 g/mol. The lowest BCUT2D eigenvalue weighted by Crippen LogP contribution is -2.09. The van der Waals surface area contributed by atoms with Gasteiger partial charge in [-0.3, -0.25) is 0 Å². The summed E-state index contributed by atoms with van der Waals surface area (Å²) in [6, 6.07) is 14.2. The van der Waals surface area contributed by atoms with E-state index in [1.807, 2.05) is 24.3 Å². The molecule has 0 spiro atoms. The predicted molar refractivity (Wildman–Crippen MR) is 116 cm³/mol. The van der Waals surface area contributed by atoms with Crippen molar-refractivity contribution in [3.05, 3.63) is 70.8 Å². The number of aromatic nitrogens is 6. The number of hydrogen-bond donors (Lipinski definition) is 2. The molecule has 0 radical (unpaired) electrons. The van der Waals surface area contributed by atoms with Gasteiger partial charge in [0.25, 0.3) is 0 Å². The van der Waals surface area contributed by atoms with Crippen LogP contribution < -0.4 is 0 Å². The monoisotopic (exact) mass is 432 g/mol. The molecule has 1 atom stereocenters. The number of aromatic amines is 1. The first-order valence-electron chi connectivity index (χ1n) is 13.9. The number of tetrazole rings is 1. The van der Waals surface area contributed by atoms with E-state index in [1.165, 1.54) is 0 Å². The van der Waals surface area contributed by atoms with Crippen molar-refractivity contribution in [2.45, 2.75) is 39.1 Å². The van der Waals surface area contributed by atoms with Crippen molar-refractivity contribution in [3.63, 3.8) is 0 Å². The van der Waals surface area contributed by atoms with Crippen LogP contribution in [0.1, 0.15) is 50.4 Å². The van der Waals surface area contributed by atoms with Crippen molar-refractivity contribution in [2.24, 2.45) is 0 Å². The van der Waals surface area contributed by atoms with Crippen molar-refractivity contribution < 1.29 is 18.8 Å². The van der Waals surface area contributed by atoms with Crippen LogP contribution in [0.15, 0.2) is 48.5 Å². The van der Waals surface area contributed by atoms with Crippen molar-refractivity contribution >= 4 is 11.6 Å². The van der Waals surface area contributed by atoms with Gasteiger partial charge in [-0.15, -0.1) is 10.2 Å². The number of rotatable bonds is 8. The third-order valence-corrected chi connectivity index (χ3v) is 4.72. The van der Waals surface area contributed by atoms with Gasteiger partial charge in [-0.1, -0.05) is 73.4 Å². The van der Waals surface area contributed by atoms with Gasteiger partial charge in [0.1, 0.15) is 5.82 Å². The molecule has 0 aliphatic rings. The van der Waals surface area contributed by atoms with Crippen LogP contribution in [-0.2, 0) is 19.5 Å². The molecule has 8 heteroatoms. The Morgan fingerprint density at radius 2 is 1.97 bits per heavy atom. The van der Waals surface area contributed by atoms with Gasteiger partial charge in [0.15, 0.2) is 5.15 Å². The van der Waals surface area contributed by atoms with Crippen LogP contribution in [0.3, 0.4) is 0 Å². The number of nitrogens with one attached hydrogen (secondary N) is 1. The smallest absolute Gasteiger partial charge is 0.205 e. The summed E-state index contributed by atoms with van der Waals surface area (Å²) >= 11 is 6.11. The summed E-state index contributed by atoms with van der Waals surface area (Å²) in [6.07, 6.45) is -9.04. The zero-order chi connectivity index (χ0) is 29.7. The normalized spacial score (nSPS) is 19.0. The fourth-order valence-electron chi connectivity index (χ4n) is 3.10. The number of aryl methyl sites for hydroxylation is 1. The van der Waals surface area contributed by atoms with Gasteiger partial charge < -0.3 is 9.67 Å². The van der Waals surface area contributed by atoms with Crippen molar-refractivity contribution in [3.8, 4) is 22.5 Å². The lowest BCUT2D eigenvalue weighted by atomic mass is 9.98. The highest BCUT2D eigenvalue weighted by Crippen LogP contribution is 2.30. The van der Waals surface area contributed by atoms with Gasteiger partial charge >= 0.3 is 0 Å². The molecule has 0 saturated carbocycles. The van der Waals surface area contributed by atoms with Gasteiger partial charge in [0.2, 0.25) is 5.82 Å². The maximum atomic E-state index is 10.2. The van der Waals surface area contributed by atoms with Gasteiger partial charge in [-0.2, -0.15) is 5.21 Å². The Labute approximate surface area is 193 Å². The Morgan fingerprint density at radius 3 is 2.67 bits per heavy atom. The molecule has 2 N–H and O–H groups in total. The molecule has 0 fully saturated rings. The summed E-state index contributed by atoms with van der Waals surface area (Å²) in [5, 5.41) is 23.6. The molecular formula is C22H23ClN6O. The van der Waals surface area contributed by atoms with Crippen LogP contribution >= 0.6 is 11.6 Å². The average molecular weight is 433 g/mol. The Morgan fingerprint density at radius 1 is 1.17 bits per heavy atom. The predicted octanol–water partition coefficient (Wildman–Crippen LogP) is 4.27. The molecule has 1 unspecified atom stereocenters. The minimum Gasteiger partial charge on any atom is -0.390 e. The SMILES string of the molecule is [2H]C(c1nc(Cl)c(C([2H])([2H])O)n1Cc1ccc(-c2ccccc2-c2nn[nH]n2)cc1)C([2H])([2H])C([2H])([2H])C([2H])([2H])[2H]. The molecule has 0 aliphatic carbocycles. The molecule has 2 aromatic heterocycles. The Hall–Kier alpha value is -3.03. The molecule has 154 valence electrons. The third-order valence-electron chi connectivity index (χ3n) is 4.45. The summed E-state index contributed by atoms with van der Waals surface area (Å²) in [6.45, 7) is -6.74. The maximum absolute atomic E-state index is 10.2. The van der Waals surface area contributed by atoms with E-state index < -0.39 is 49.2 Å². The zero-order valence-corrected chi connectivity index (χ0v) is 16.2. The van der Waals surface area contributed by atoms with Crippen molar-refractivity contribution in [2.75, 3.05) is 0 Å². The van der Waals surface area contributed by atoms with E-state index in [2.05, 4.69) is 25.6 Å². The van der Waals surface area contributed by atoms with E-state index in [1.54, 1.807) is 24.3 Å². The van der Waals surface area contributed by atoms with E-state index in [9.17, 15) is 5.11 Å². The number of imidazole rings is 1. The number of H-pyrrole nitrogens is 1. The van der Waals surface area contributed by atoms with Crippen LogP contribution in [0.4, 0.5) is 0 Å². The van der Waals surface area contributed by atoms with E-state index in [0.717, 1.165) is 15.7 Å². The van der Waals surface area contributed by atoms with E-state index in [-0.39, 0.29) is 6.54 Å². The average Bonchev–Trinajstić information content (AvgIpc) is 3.51. The summed E-state index contributed by atoms with van der Waals surface area (Å²) in [5.41, 5.74) is 2.20. The molecule has 2 aromatic carbocycles. The second-order valence-electron chi connectivity index (χ2n) is 6.20. The molecule has 2 heterocycles. The summed E-state index contributed by atoms with van der Waals surface area (Å²) in [5.74, 6) is -0.164. The maximum Gasteiger partial charge on any atom is 0.205 e. The standard InChI is InChI=1S/C22H23ClN6O/c1-2-3-8-20-24-21(23)19(14-30)29(20)13-15-9-11-16(12-10-15)17-6-4-5-7-18(17)22-25-27-28-26-22/h4-7,9-12,30H,2-3,8,13-14H2,1H3,(H,25,26,27,28)/i1D3,2D2,3D2,8D,14D2. The number of benzene rings is 2. The minimum absolute atomic E-state index is 0.251. The van der Waals surface area contributed by atoms with E-state index >= 15 is 0 Å². The second-order valence-corrected chi connectivity index (χ2v) is 6.56. The molecule has 0 aliphatic heterocycles. The molecule has 7 nitrogen and oxygen atoms in total. The quantitative estimate of drug-likeness (QED) is 0.433. The highest BCUT2D eigenvalue weighted by atomic mass is 35.5. The minimum atomic E-state index is -3.47. The second kappa shape index (κ2) is 9.19. The van der Waals surface area contributed by atoms with Gasteiger partial charge in [0, 0.05) is 29.5 Å². The summed E-state index contributed by atoms with van der Waals surface area (Å²) < 4.78 is 79.7. The first-order chi connectivity index (χ1) is 18.5. The van der Waals surface area contributed by atoms with Crippen LogP contribution in [0.5, 0.6) is 0 Å². The first-order valence-corrected chi connectivity index (χ1v) is 9.18. The Bertz CT molecular complexity index is 1480. The van der Waals surface area contributed by atoms with Gasteiger partial charge in [-0.25, -0.2) is 4.98 Å².